The van der Waals surface area contributed by atoms with Gasteiger partial charge in [0.1, 0.15) is 0 Å². The molecule has 27 heavy (non-hydrogen) atoms. The Hall–Kier alpha value is -4.00. The summed E-state index contributed by atoms with van der Waals surface area (Å²) >= 11 is 0. The maximum atomic E-state index is 12.6. The molecule has 0 atom stereocenters. The van der Waals surface area contributed by atoms with Crippen molar-refractivity contribution in [3.63, 3.8) is 0 Å². The Morgan fingerprint density at radius 3 is 2.48 bits per heavy atom. The van der Waals surface area contributed by atoms with Crippen molar-refractivity contribution in [3.05, 3.63) is 91.0 Å². The SMILES string of the molecule is O=C(Nc1cccc(-n2cccn2)c1)c1cccc(Nc2ncccn2)c1. The molecule has 132 valence electrons. The fourth-order valence-electron chi connectivity index (χ4n) is 2.58. The molecule has 0 bridgehead atoms. The second-order valence-electron chi connectivity index (χ2n) is 5.73. The highest BCUT2D eigenvalue weighted by Crippen LogP contribution is 2.18. The van der Waals surface area contributed by atoms with E-state index >= 15 is 0 Å². The highest BCUT2D eigenvalue weighted by atomic mass is 16.1. The van der Waals surface area contributed by atoms with E-state index in [9.17, 15) is 4.79 Å². The number of amides is 1. The van der Waals surface area contributed by atoms with Crippen molar-refractivity contribution in [1.82, 2.24) is 19.7 Å². The van der Waals surface area contributed by atoms with Crippen LogP contribution in [0, 0.1) is 0 Å². The van der Waals surface area contributed by atoms with Crippen LogP contribution in [0.4, 0.5) is 17.3 Å². The number of benzene rings is 2. The minimum absolute atomic E-state index is 0.203. The average molecular weight is 356 g/mol. The van der Waals surface area contributed by atoms with E-state index in [1.165, 1.54) is 0 Å². The quantitative estimate of drug-likeness (QED) is 0.570. The Morgan fingerprint density at radius 2 is 1.67 bits per heavy atom. The van der Waals surface area contributed by atoms with Crippen molar-refractivity contribution < 1.29 is 4.79 Å². The van der Waals surface area contributed by atoms with Gasteiger partial charge in [-0.2, -0.15) is 5.10 Å². The van der Waals surface area contributed by atoms with Crippen molar-refractivity contribution in [2.24, 2.45) is 0 Å². The fraction of sp³-hybridized carbons (Fsp3) is 0. The molecule has 0 saturated carbocycles. The Labute approximate surface area is 155 Å². The van der Waals surface area contributed by atoms with Gasteiger partial charge in [-0.25, -0.2) is 14.6 Å². The molecule has 1 amide bonds. The van der Waals surface area contributed by atoms with Crippen LogP contribution in [-0.4, -0.2) is 25.7 Å². The molecule has 2 heterocycles. The third-order valence-electron chi connectivity index (χ3n) is 3.82. The minimum atomic E-state index is -0.203. The van der Waals surface area contributed by atoms with E-state index in [-0.39, 0.29) is 5.91 Å². The van der Waals surface area contributed by atoms with Crippen LogP contribution >= 0.6 is 0 Å². The standard InChI is InChI=1S/C20H16N6O/c27-19(24-17-7-2-8-18(14-17)26-12-4-11-23-26)15-5-1-6-16(13-15)25-20-21-9-3-10-22-20/h1-14H,(H,24,27)(H,21,22,25). The van der Waals surface area contributed by atoms with Crippen LogP contribution in [0.25, 0.3) is 5.69 Å². The number of aromatic nitrogens is 4. The summed E-state index contributed by atoms with van der Waals surface area (Å²) in [4.78, 5) is 20.9. The molecule has 2 aromatic heterocycles. The van der Waals surface area contributed by atoms with Crippen LogP contribution in [-0.2, 0) is 0 Å². The smallest absolute Gasteiger partial charge is 0.255 e. The van der Waals surface area contributed by atoms with E-state index in [0.717, 1.165) is 11.4 Å². The summed E-state index contributed by atoms with van der Waals surface area (Å²) in [5.41, 5.74) is 2.83. The van der Waals surface area contributed by atoms with Crippen LogP contribution in [0.5, 0.6) is 0 Å². The van der Waals surface area contributed by atoms with E-state index in [1.54, 1.807) is 47.5 Å². The maximum absolute atomic E-state index is 12.6. The molecule has 7 heteroatoms. The van der Waals surface area contributed by atoms with Gasteiger partial charge < -0.3 is 10.6 Å². The third kappa shape index (κ3) is 3.98. The predicted molar refractivity (Wildman–Crippen MR) is 103 cm³/mol. The molecule has 0 aliphatic carbocycles. The zero-order valence-electron chi connectivity index (χ0n) is 14.3. The second kappa shape index (κ2) is 7.49. The van der Waals surface area contributed by atoms with Crippen LogP contribution in [0.15, 0.2) is 85.5 Å². The summed E-state index contributed by atoms with van der Waals surface area (Å²) in [7, 11) is 0. The van der Waals surface area contributed by atoms with Gasteiger partial charge in [0.25, 0.3) is 5.91 Å². The fourth-order valence-corrected chi connectivity index (χ4v) is 2.58. The Balaban J connectivity index is 1.50. The molecule has 4 rings (SSSR count). The van der Waals surface area contributed by atoms with Crippen LogP contribution in [0.3, 0.4) is 0 Å². The lowest BCUT2D eigenvalue weighted by Gasteiger charge is -2.09. The molecule has 2 aromatic carbocycles. The lowest BCUT2D eigenvalue weighted by atomic mass is 10.2. The van der Waals surface area contributed by atoms with E-state index in [0.29, 0.717) is 17.2 Å². The van der Waals surface area contributed by atoms with Crippen molar-refractivity contribution in [2.45, 2.75) is 0 Å². The van der Waals surface area contributed by atoms with Gasteiger partial charge >= 0.3 is 0 Å². The molecule has 0 saturated heterocycles. The van der Waals surface area contributed by atoms with Crippen molar-refractivity contribution in [3.8, 4) is 5.69 Å². The van der Waals surface area contributed by atoms with Gasteiger partial charge in [0, 0.05) is 41.7 Å². The number of nitrogens with one attached hydrogen (secondary N) is 2. The predicted octanol–water partition coefficient (Wildman–Crippen LogP) is 3.66. The first-order valence-electron chi connectivity index (χ1n) is 8.33. The lowest BCUT2D eigenvalue weighted by molar-refractivity contribution is 0.102. The van der Waals surface area contributed by atoms with Crippen LogP contribution < -0.4 is 10.6 Å². The zero-order valence-corrected chi connectivity index (χ0v) is 14.3. The van der Waals surface area contributed by atoms with Gasteiger partial charge in [-0.05, 0) is 48.5 Å². The number of hydrogen-bond donors (Lipinski definition) is 2. The monoisotopic (exact) mass is 356 g/mol. The highest BCUT2D eigenvalue weighted by molar-refractivity contribution is 6.05. The minimum Gasteiger partial charge on any atom is -0.324 e. The summed E-state index contributed by atoms with van der Waals surface area (Å²) in [5.74, 6) is 0.271. The molecule has 0 radical (unpaired) electrons. The normalized spacial score (nSPS) is 10.4. The molecular formula is C20H16N6O. The molecule has 7 nitrogen and oxygen atoms in total. The number of anilines is 3. The second-order valence-corrected chi connectivity index (χ2v) is 5.73. The van der Waals surface area contributed by atoms with Crippen molar-refractivity contribution in [1.29, 1.82) is 0 Å². The molecule has 0 aliphatic heterocycles. The number of rotatable bonds is 5. The molecule has 0 spiro atoms. The first-order valence-corrected chi connectivity index (χ1v) is 8.33. The van der Waals surface area contributed by atoms with E-state index in [4.69, 9.17) is 0 Å². The van der Waals surface area contributed by atoms with Gasteiger partial charge in [0.15, 0.2) is 0 Å². The molecule has 0 unspecified atom stereocenters. The third-order valence-corrected chi connectivity index (χ3v) is 3.82. The van der Waals surface area contributed by atoms with Gasteiger partial charge in [-0.1, -0.05) is 12.1 Å². The number of carbonyl (C=O) groups excluding carboxylic acids is 1. The van der Waals surface area contributed by atoms with Gasteiger partial charge in [0.2, 0.25) is 5.95 Å². The van der Waals surface area contributed by atoms with E-state index in [2.05, 4.69) is 25.7 Å². The number of carbonyl (C=O) groups is 1. The van der Waals surface area contributed by atoms with E-state index in [1.807, 2.05) is 42.6 Å². The average Bonchev–Trinajstić information content (AvgIpc) is 3.24. The molecule has 0 fully saturated rings. The van der Waals surface area contributed by atoms with E-state index < -0.39 is 0 Å². The van der Waals surface area contributed by atoms with Crippen molar-refractivity contribution >= 4 is 23.2 Å². The molecule has 0 aliphatic rings. The molecular weight excluding hydrogens is 340 g/mol. The van der Waals surface area contributed by atoms with Crippen molar-refractivity contribution in [2.75, 3.05) is 10.6 Å². The lowest BCUT2D eigenvalue weighted by Crippen LogP contribution is -2.12. The first kappa shape index (κ1) is 16.5. The Morgan fingerprint density at radius 1 is 0.852 bits per heavy atom. The summed E-state index contributed by atoms with van der Waals surface area (Å²) < 4.78 is 1.74. The number of hydrogen-bond acceptors (Lipinski definition) is 5. The van der Waals surface area contributed by atoms with Gasteiger partial charge in [-0.3, -0.25) is 4.79 Å². The molecule has 2 N–H and O–H groups in total. The van der Waals surface area contributed by atoms with Crippen LogP contribution in [0.2, 0.25) is 0 Å². The van der Waals surface area contributed by atoms with Gasteiger partial charge in [-0.15, -0.1) is 0 Å². The highest BCUT2D eigenvalue weighted by Gasteiger charge is 2.08. The molecule has 4 aromatic rings. The topological polar surface area (TPSA) is 84.7 Å². The zero-order chi connectivity index (χ0) is 18.5. The first-order chi connectivity index (χ1) is 13.3. The summed E-state index contributed by atoms with van der Waals surface area (Å²) in [6.07, 6.45) is 6.86. The summed E-state index contributed by atoms with van der Waals surface area (Å²) in [6, 6.07) is 18.3. The summed E-state index contributed by atoms with van der Waals surface area (Å²) in [5, 5.41) is 10.2. The maximum Gasteiger partial charge on any atom is 0.255 e. The largest absolute Gasteiger partial charge is 0.324 e. The van der Waals surface area contributed by atoms with Gasteiger partial charge in [0.05, 0.1) is 5.69 Å². The summed E-state index contributed by atoms with van der Waals surface area (Å²) in [6.45, 7) is 0. The van der Waals surface area contributed by atoms with Crippen LogP contribution in [0.1, 0.15) is 10.4 Å². The Bertz CT molecular complexity index is 1050. The number of nitrogens with zero attached hydrogens (tertiary/aromatic N) is 4. The Kier molecular flexibility index (Phi) is 4.57.